The Hall–Kier alpha value is -2.47. The first-order chi connectivity index (χ1) is 11.8. The molecule has 0 radical (unpaired) electrons. The minimum absolute atomic E-state index is 0.00923. The third-order valence-corrected chi connectivity index (χ3v) is 4.82. The molecule has 24 heavy (non-hydrogen) atoms. The van der Waals surface area contributed by atoms with Crippen molar-refractivity contribution < 1.29 is 9.53 Å². The van der Waals surface area contributed by atoms with Gasteiger partial charge in [0.05, 0.1) is 12.7 Å². The lowest BCUT2D eigenvalue weighted by molar-refractivity contribution is 0.0675. The van der Waals surface area contributed by atoms with Crippen LogP contribution in [0.15, 0.2) is 48.8 Å². The molecule has 6 heteroatoms. The van der Waals surface area contributed by atoms with Gasteiger partial charge in [-0.05, 0) is 24.3 Å². The summed E-state index contributed by atoms with van der Waals surface area (Å²) in [7, 11) is 0. The number of fused-ring (bicyclic) bond motifs is 1. The van der Waals surface area contributed by atoms with Crippen LogP contribution in [0.5, 0.6) is 0 Å². The number of hydrogen-bond acceptors (Lipinski definition) is 5. The SMILES string of the molecule is O=C(c1ccccn1)N1C[C@H]2[C@@H](CNc3ccccn3)CO[C@H]2C1. The number of amides is 1. The molecular weight excluding hydrogens is 304 g/mol. The van der Waals surface area contributed by atoms with Crippen LogP contribution in [-0.2, 0) is 4.74 Å². The van der Waals surface area contributed by atoms with Crippen LogP contribution in [-0.4, -0.2) is 53.1 Å². The molecule has 4 rings (SSSR count). The zero-order valence-corrected chi connectivity index (χ0v) is 13.3. The van der Waals surface area contributed by atoms with Crippen LogP contribution in [0.2, 0.25) is 0 Å². The highest BCUT2D eigenvalue weighted by Gasteiger charge is 2.45. The standard InChI is InChI=1S/C18H20N4O2/c23-18(15-5-1-3-7-19-15)22-10-14-13(12-24-16(14)11-22)9-21-17-6-2-4-8-20-17/h1-8,13-14,16H,9-12H2,(H,20,21)/t13-,14-,16-/m0/s1. The smallest absolute Gasteiger partial charge is 0.272 e. The number of ether oxygens (including phenoxy) is 1. The van der Waals surface area contributed by atoms with Crippen LogP contribution in [0.25, 0.3) is 0 Å². The Morgan fingerprint density at radius 3 is 2.75 bits per heavy atom. The molecule has 0 bridgehead atoms. The van der Waals surface area contributed by atoms with Crippen LogP contribution in [0.1, 0.15) is 10.5 Å². The maximum atomic E-state index is 12.5. The van der Waals surface area contributed by atoms with Crippen molar-refractivity contribution in [3.63, 3.8) is 0 Å². The van der Waals surface area contributed by atoms with Crippen molar-refractivity contribution >= 4 is 11.7 Å². The minimum Gasteiger partial charge on any atom is -0.376 e. The molecule has 2 fully saturated rings. The number of anilines is 1. The molecule has 0 aliphatic carbocycles. The van der Waals surface area contributed by atoms with Crippen LogP contribution < -0.4 is 5.32 Å². The van der Waals surface area contributed by atoms with Crippen molar-refractivity contribution in [2.45, 2.75) is 6.10 Å². The van der Waals surface area contributed by atoms with Crippen molar-refractivity contribution in [3.05, 3.63) is 54.5 Å². The van der Waals surface area contributed by atoms with Gasteiger partial charge in [0.25, 0.3) is 5.91 Å². The van der Waals surface area contributed by atoms with Gasteiger partial charge in [-0.25, -0.2) is 4.98 Å². The Labute approximate surface area is 140 Å². The zero-order valence-electron chi connectivity index (χ0n) is 13.3. The second-order valence-electron chi connectivity index (χ2n) is 6.32. The summed E-state index contributed by atoms with van der Waals surface area (Å²) in [6.07, 6.45) is 3.56. The summed E-state index contributed by atoms with van der Waals surface area (Å²) in [6, 6.07) is 11.2. The predicted molar refractivity (Wildman–Crippen MR) is 89.6 cm³/mol. The molecule has 2 aliphatic rings. The lowest BCUT2D eigenvalue weighted by Gasteiger charge is -2.20. The van der Waals surface area contributed by atoms with Gasteiger partial charge in [-0.2, -0.15) is 0 Å². The molecule has 0 aromatic carbocycles. The summed E-state index contributed by atoms with van der Waals surface area (Å²) >= 11 is 0. The lowest BCUT2D eigenvalue weighted by Crippen LogP contribution is -2.32. The number of likely N-dealkylation sites (tertiary alicyclic amines) is 1. The largest absolute Gasteiger partial charge is 0.376 e. The normalized spacial score (nSPS) is 25.5. The molecule has 0 spiro atoms. The van der Waals surface area contributed by atoms with E-state index in [-0.39, 0.29) is 12.0 Å². The molecular formula is C18H20N4O2. The highest BCUT2D eigenvalue weighted by atomic mass is 16.5. The van der Waals surface area contributed by atoms with Gasteiger partial charge in [0, 0.05) is 43.9 Å². The van der Waals surface area contributed by atoms with Gasteiger partial charge in [0.1, 0.15) is 11.5 Å². The second kappa shape index (κ2) is 6.57. The summed E-state index contributed by atoms with van der Waals surface area (Å²) in [4.78, 5) is 22.9. The first-order valence-electron chi connectivity index (χ1n) is 8.28. The fourth-order valence-corrected chi connectivity index (χ4v) is 3.53. The van der Waals surface area contributed by atoms with Crippen molar-refractivity contribution in [1.29, 1.82) is 0 Å². The molecule has 6 nitrogen and oxygen atoms in total. The second-order valence-corrected chi connectivity index (χ2v) is 6.32. The lowest BCUT2D eigenvalue weighted by atomic mass is 9.93. The first kappa shape index (κ1) is 15.1. The summed E-state index contributed by atoms with van der Waals surface area (Å²) in [5, 5.41) is 3.37. The molecule has 2 aromatic heterocycles. The number of pyridine rings is 2. The zero-order chi connectivity index (χ0) is 16.4. The van der Waals surface area contributed by atoms with Crippen molar-refractivity contribution in [1.82, 2.24) is 14.9 Å². The van der Waals surface area contributed by atoms with Gasteiger partial charge in [-0.15, -0.1) is 0 Å². The maximum absolute atomic E-state index is 12.5. The van der Waals surface area contributed by atoms with E-state index in [4.69, 9.17) is 4.74 Å². The van der Waals surface area contributed by atoms with Gasteiger partial charge in [0.2, 0.25) is 0 Å². The fourth-order valence-electron chi connectivity index (χ4n) is 3.53. The van der Waals surface area contributed by atoms with Crippen LogP contribution >= 0.6 is 0 Å². The van der Waals surface area contributed by atoms with E-state index in [0.717, 1.165) is 25.5 Å². The summed E-state index contributed by atoms with van der Waals surface area (Å²) in [6.45, 7) is 2.93. The van der Waals surface area contributed by atoms with E-state index in [1.54, 1.807) is 18.5 Å². The molecule has 1 N–H and O–H groups in total. The van der Waals surface area contributed by atoms with E-state index in [1.165, 1.54) is 0 Å². The molecule has 1 amide bonds. The number of rotatable bonds is 4. The van der Waals surface area contributed by atoms with Crippen molar-refractivity contribution in [2.75, 3.05) is 31.6 Å². The van der Waals surface area contributed by atoms with E-state index in [9.17, 15) is 4.79 Å². The van der Waals surface area contributed by atoms with E-state index in [1.807, 2.05) is 35.2 Å². The molecule has 2 aliphatic heterocycles. The molecule has 2 aromatic rings. The summed E-state index contributed by atoms with van der Waals surface area (Å²) < 4.78 is 5.92. The number of aromatic nitrogens is 2. The van der Waals surface area contributed by atoms with Gasteiger partial charge >= 0.3 is 0 Å². The number of nitrogens with one attached hydrogen (secondary N) is 1. The summed E-state index contributed by atoms with van der Waals surface area (Å²) in [5.74, 6) is 1.62. The molecule has 0 saturated carbocycles. The Kier molecular flexibility index (Phi) is 4.13. The van der Waals surface area contributed by atoms with Gasteiger partial charge in [-0.3, -0.25) is 9.78 Å². The number of carbonyl (C=O) groups is 1. The van der Waals surface area contributed by atoms with Crippen LogP contribution in [0.3, 0.4) is 0 Å². The summed E-state index contributed by atoms with van der Waals surface area (Å²) in [5.41, 5.74) is 0.501. The average molecular weight is 324 g/mol. The first-order valence-corrected chi connectivity index (χ1v) is 8.28. The van der Waals surface area contributed by atoms with Crippen LogP contribution in [0.4, 0.5) is 5.82 Å². The van der Waals surface area contributed by atoms with Crippen molar-refractivity contribution in [3.8, 4) is 0 Å². The van der Waals surface area contributed by atoms with E-state index < -0.39 is 0 Å². The molecule has 4 heterocycles. The third kappa shape index (κ3) is 2.97. The van der Waals surface area contributed by atoms with E-state index in [2.05, 4.69) is 15.3 Å². The highest BCUT2D eigenvalue weighted by molar-refractivity contribution is 5.92. The Balaban J connectivity index is 1.37. The minimum atomic E-state index is -0.00923. The monoisotopic (exact) mass is 324 g/mol. The Bertz CT molecular complexity index is 695. The van der Waals surface area contributed by atoms with E-state index in [0.29, 0.717) is 24.1 Å². The maximum Gasteiger partial charge on any atom is 0.272 e. The highest BCUT2D eigenvalue weighted by Crippen LogP contribution is 2.34. The Morgan fingerprint density at radius 1 is 1.17 bits per heavy atom. The van der Waals surface area contributed by atoms with Gasteiger partial charge in [-0.1, -0.05) is 12.1 Å². The average Bonchev–Trinajstić information content (AvgIpc) is 3.22. The molecule has 124 valence electrons. The van der Waals surface area contributed by atoms with Gasteiger partial charge < -0.3 is 15.0 Å². The molecule has 2 saturated heterocycles. The number of carbonyl (C=O) groups excluding carboxylic acids is 1. The Morgan fingerprint density at radius 2 is 2.00 bits per heavy atom. The predicted octanol–water partition coefficient (Wildman–Crippen LogP) is 1.68. The molecule has 3 atom stereocenters. The van der Waals surface area contributed by atoms with Crippen molar-refractivity contribution in [2.24, 2.45) is 11.8 Å². The topological polar surface area (TPSA) is 67.4 Å². The third-order valence-electron chi connectivity index (χ3n) is 4.82. The number of nitrogens with zero attached hydrogens (tertiary/aromatic N) is 3. The molecule has 0 unspecified atom stereocenters. The fraction of sp³-hybridized carbons (Fsp3) is 0.389. The van der Waals surface area contributed by atoms with Crippen LogP contribution in [0, 0.1) is 11.8 Å². The quantitative estimate of drug-likeness (QED) is 0.927. The van der Waals surface area contributed by atoms with E-state index >= 15 is 0 Å². The van der Waals surface area contributed by atoms with Gasteiger partial charge in [0.15, 0.2) is 0 Å². The number of hydrogen-bond donors (Lipinski definition) is 1.